The Balaban J connectivity index is 1.58. The standard InChI is InChI=1S/C19H23F3N2O4S/c20-19(21,22)29(26,27)28-17-8-5-15(6-9-17)7-10-18(25)24-13-3-4-16(24)14-23-11-1-2-12-23/h5-10,16H,1-4,11-14H2/b10-7+/t16-/m0/s1. The highest BCUT2D eigenvalue weighted by Gasteiger charge is 2.48. The van der Waals surface area contributed by atoms with E-state index in [9.17, 15) is 26.4 Å². The predicted molar refractivity (Wildman–Crippen MR) is 101 cm³/mol. The molecule has 0 N–H and O–H groups in total. The van der Waals surface area contributed by atoms with E-state index < -0.39 is 21.4 Å². The topological polar surface area (TPSA) is 66.9 Å². The number of hydrogen-bond donors (Lipinski definition) is 0. The van der Waals surface area contributed by atoms with Gasteiger partial charge in [-0.2, -0.15) is 21.6 Å². The van der Waals surface area contributed by atoms with Gasteiger partial charge in [0.15, 0.2) is 0 Å². The highest BCUT2D eigenvalue weighted by atomic mass is 32.2. The molecular weight excluding hydrogens is 409 g/mol. The number of carbonyl (C=O) groups is 1. The Hall–Kier alpha value is -2.07. The number of benzene rings is 1. The molecule has 2 heterocycles. The van der Waals surface area contributed by atoms with Gasteiger partial charge in [0, 0.05) is 25.2 Å². The van der Waals surface area contributed by atoms with Gasteiger partial charge in [0.05, 0.1) is 0 Å². The summed E-state index contributed by atoms with van der Waals surface area (Å²) < 4.78 is 63.1. The van der Waals surface area contributed by atoms with Crippen LogP contribution in [0.5, 0.6) is 5.75 Å². The molecule has 0 aromatic heterocycles. The minimum atomic E-state index is -5.70. The summed E-state index contributed by atoms with van der Waals surface area (Å²) >= 11 is 0. The summed E-state index contributed by atoms with van der Waals surface area (Å²) in [4.78, 5) is 16.8. The lowest BCUT2D eigenvalue weighted by atomic mass is 10.2. The van der Waals surface area contributed by atoms with Crippen molar-refractivity contribution in [1.29, 1.82) is 0 Å². The maximum atomic E-state index is 12.6. The zero-order valence-corrected chi connectivity index (χ0v) is 16.6. The van der Waals surface area contributed by atoms with Crippen molar-refractivity contribution in [3.63, 3.8) is 0 Å². The Labute approximate surface area is 168 Å². The van der Waals surface area contributed by atoms with E-state index in [-0.39, 0.29) is 11.9 Å². The summed E-state index contributed by atoms with van der Waals surface area (Å²) in [5, 5.41) is 0. The monoisotopic (exact) mass is 432 g/mol. The van der Waals surface area contributed by atoms with Crippen molar-refractivity contribution in [3.05, 3.63) is 35.9 Å². The first kappa shape index (κ1) is 21.6. The molecule has 0 unspecified atom stereocenters. The second-order valence-corrected chi connectivity index (χ2v) is 8.76. The van der Waals surface area contributed by atoms with Crippen LogP contribution in [0, 0.1) is 0 Å². The van der Waals surface area contributed by atoms with Crippen LogP contribution in [-0.2, 0) is 14.9 Å². The molecule has 1 atom stereocenters. The molecule has 0 spiro atoms. The smallest absolute Gasteiger partial charge is 0.376 e. The average molecular weight is 432 g/mol. The van der Waals surface area contributed by atoms with Gasteiger partial charge >= 0.3 is 15.6 Å². The third kappa shape index (κ3) is 5.51. The van der Waals surface area contributed by atoms with Crippen molar-refractivity contribution in [1.82, 2.24) is 9.80 Å². The van der Waals surface area contributed by atoms with Gasteiger partial charge in [0.1, 0.15) is 5.75 Å². The molecule has 6 nitrogen and oxygen atoms in total. The molecule has 29 heavy (non-hydrogen) atoms. The lowest BCUT2D eigenvalue weighted by molar-refractivity contribution is -0.127. The zero-order chi connectivity index (χ0) is 21.1. The van der Waals surface area contributed by atoms with Crippen LogP contribution < -0.4 is 4.18 Å². The molecule has 1 amide bonds. The summed E-state index contributed by atoms with van der Waals surface area (Å²) in [6, 6.07) is 5.19. The first-order valence-corrected chi connectivity index (χ1v) is 10.9. The van der Waals surface area contributed by atoms with Gasteiger partial charge in [0.25, 0.3) is 0 Å². The van der Waals surface area contributed by atoms with Gasteiger partial charge in [-0.25, -0.2) is 0 Å². The number of halogens is 3. The van der Waals surface area contributed by atoms with Crippen molar-refractivity contribution < 1.29 is 30.6 Å². The van der Waals surface area contributed by atoms with Crippen LogP contribution in [0.4, 0.5) is 13.2 Å². The van der Waals surface area contributed by atoms with Crippen LogP contribution in [0.3, 0.4) is 0 Å². The molecule has 3 rings (SSSR count). The lowest BCUT2D eigenvalue weighted by Gasteiger charge is -2.27. The van der Waals surface area contributed by atoms with Crippen molar-refractivity contribution in [2.45, 2.75) is 37.2 Å². The predicted octanol–water partition coefficient (Wildman–Crippen LogP) is 3.02. The van der Waals surface area contributed by atoms with Gasteiger partial charge in [0.2, 0.25) is 5.91 Å². The second-order valence-electron chi connectivity index (χ2n) is 7.22. The Kier molecular flexibility index (Phi) is 6.52. The SMILES string of the molecule is O=C(/C=C/c1ccc(OS(=O)(=O)C(F)(F)F)cc1)N1CCC[C@H]1CN1CCCC1. The summed E-state index contributed by atoms with van der Waals surface area (Å²) in [6.07, 6.45) is 7.34. The van der Waals surface area contributed by atoms with E-state index in [1.165, 1.54) is 31.1 Å². The van der Waals surface area contributed by atoms with Crippen LogP contribution in [0.15, 0.2) is 30.3 Å². The van der Waals surface area contributed by atoms with Crippen LogP contribution in [0.2, 0.25) is 0 Å². The fourth-order valence-corrected chi connectivity index (χ4v) is 4.11. The summed E-state index contributed by atoms with van der Waals surface area (Å²) in [6.45, 7) is 3.75. The molecule has 160 valence electrons. The largest absolute Gasteiger partial charge is 0.534 e. The molecule has 2 saturated heterocycles. The highest BCUT2D eigenvalue weighted by molar-refractivity contribution is 7.88. The number of carbonyl (C=O) groups excluding carboxylic acids is 1. The molecular formula is C19H23F3N2O4S. The van der Waals surface area contributed by atoms with E-state index in [4.69, 9.17) is 0 Å². The van der Waals surface area contributed by atoms with Crippen molar-refractivity contribution in [3.8, 4) is 5.75 Å². The molecule has 0 radical (unpaired) electrons. The number of nitrogens with zero attached hydrogens (tertiary/aromatic N) is 2. The first-order valence-electron chi connectivity index (χ1n) is 9.47. The molecule has 2 aliphatic heterocycles. The van der Waals surface area contributed by atoms with Crippen LogP contribution >= 0.6 is 0 Å². The molecule has 0 saturated carbocycles. The Bertz CT molecular complexity index is 847. The Morgan fingerprint density at radius 2 is 1.76 bits per heavy atom. The Morgan fingerprint density at radius 3 is 2.38 bits per heavy atom. The third-order valence-corrected chi connectivity index (χ3v) is 6.09. The van der Waals surface area contributed by atoms with E-state index >= 15 is 0 Å². The molecule has 1 aromatic rings. The van der Waals surface area contributed by atoms with E-state index in [0.717, 1.165) is 44.6 Å². The van der Waals surface area contributed by atoms with Crippen LogP contribution in [0.25, 0.3) is 6.08 Å². The van der Waals surface area contributed by atoms with Gasteiger partial charge < -0.3 is 14.0 Å². The van der Waals surface area contributed by atoms with Crippen LogP contribution in [0.1, 0.15) is 31.2 Å². The van der Waals surface area contributed by atoms with Crippen molar-refractivity contribution in [2.24, 2.45) is 0 Å². The fraction of sp³-hybridized carbons (Fsp3) is 0.526. The molecule has 1 aromatic carbocycles. The maximum absolute atomic E-state index is 12.6. The molecule has 0 aliphatic carbocycles. The van der Waals surface area contributed by atoms with Gasteiger partial charge in [-0.15, -0.1) is 0 Å². The van der Waals surface area contributed by atoms with E-state index in [1.807, 2.05) is 4.90 Å². The number of likely N-dealkylation sites (tertiary alicyclic amines) is 2. The quantitative estimate of drug-likeness (QED) is 0.393. The summed E-state index contributed by atoms with van der Waals surface area (Å²) in [7, 11) is -5.70. The van der Waals surface area contributed by atoms with Crippen molar-refractivity contribution in [2.75, 3.05) is 26.2 Å². The van der Waals surface area contributed by atoms with Gasteiger partial charge in [-0.1, -0.05) is 12.1 Å². The number of alkyl halides is 3. The van der Waals surface area contributed by atoms with Gasteiger partial charge in [-0.3, -0.25) is 4.79 Å². The molecule has 10 heteroatoms. The number of amides is 1. The first-order chi connectivity index (χ1) is 13.7. The summed E-state index contributed by atoms with van der Waals surface area (Å²) in [5.41, 5.74) is -4.94. The maximum Gasteiger partial charge on any atom is 0.534 e. The molecule has 2 aliphatic rings. The molecule has 2 fully saturated rings. The van der Waals surface area contributed by atoms with Gasteiger partial charge in [-0.05, 0) is 62.5 Å². The number of hydrogen-bond acceptors (Lipinski definition) is 5. The van der Waals surface area contributed by atoms with E-state index in [0.29, 0.717) is 12.1 Å². The van der Waals surface area contributed by atoms with Crippen molar-refractivity contribution >= 4 is 22.1 Å². The highest BCUT2D eigenvalue weighted by Crippen LogP contribution is 2.27. The minimum absolute atomic E-state index is 0.105. The summed E-state index contributed by atoms with van der Waals surface area (Å²) in [5.74, 6) is -0.553. The number of rotatable bonds is 6. The van der Waals surface area contributed by atoms with E-state index in [1.54, 1.807) is 6.08 Å². The zero-order valence-electron chi connectivity index (χ0n) is 15.8. The second kappa shape index (κ2) is 8.74. The van der Waals surface area contributed by atoms with Crippen LogP contribution in [-0.4, -0.2) is 61.9 Å². The molecule has 0 bridgehead atoms. The third-order valence-electron chi connectivity index (χ3n) is 5.12. The minimum Gasteiger partial charge on any atom is -0.376 e. The average Bonchev–Trinajstić information content (AvgIpc) is 3.32. The fourth-order valence-electron chi connectivity index (χ4n) is 3.65. The Morgan fingerprint density at radius 1 is 1.10 bits per heavy atom. The van der Waals surface area contributed by atoms with E-state index in [2.05, 4.69) is 9.08 Å². The lowest BCUT2D eigenvalue weighted by Crippen LogP contribution is -2.41. The normalized spacial score (nSPS) is 21.2.